The van der Waals surface area contributed by atoms with E-state index in [9.17, 15) is 0 Å². The molecule has 0 saturated carbocycles. The zero-order valence-corrected chi connectivity index (χ0v) is 11.0. The monoisotopic (exact) mass is 260 g/mol. The molecule has 0 amide bonds. The molecule has 0 bridgehead atoms. The average Bonchev–Trinajstić information content (AvgIpc) is 1.95. The van der Waals surface area contributed by atoms with E-state index in [2.05, 4.69) is 27.7 Å². The molecule has 0 N–H and O–H groups in total. The summed E-state index contributed by atoms with van der Waals surface area (Å²) in [5, 5.41) is 0. The van der Waals surface area contributed by atoms with E-state index < -0.39 is 0 Å². The molecule has 0 heterocycles. The number of hydrogen-bond donors (Lipinski definition) is 0. The van der Waals surface area contributed by atoms with Crippen LogP contribution < -0.4 is 0 Å². The van der Waals surface area contributed by atoms with Gasteiger partial charge in [-0.2, -0.15) is 0 Å². The van der Waals surface area contributed by atoms with Gasteiger partial charge in [0.1, 0.15) is 0 Å². The molecule has 0 spiro atoms. The molecule has 3 heteroatoms. The SMILES string of the molecule is CCS(CC)(CC)CC.[Fe].[Fe]. The topological polar surface area (TPSA) is 0 Å². The van der Waals surface area contributed by atoms with Gasteiger partial charge in [-0.25, -0.2) is 10.0 Å². The van der Waals surface area contributed by atoms with Crippen LogP contribution in [0.2, 0.25) is 0 Å². The minimum atomic E-state index is -0.148. The van der Waals surface area contributed by atoms with E-state index >= 15 is 0 Å². The summed E-state index contributed by atoms with van der Waals surface area (Å²) < 4.78 is 0. The Morgan fingerprint density at radius 2 is 0.818 bits per heavy atom. The van der Waals surface area contributed by atoms with Gasteiger partial charge < -0.3 is 0 Å². The van der Waals surface area contributed by atoms with E-state index in [0.717, 1.165) is 0 Å². The van der Waals surface area contributed by atoms with Crippen molar-refractivity contribution in [2.24, 2.45) is 0 Å². The first-order valence-electron chi connectivity index (χ1n) is 3.98. The third kappa shape index (κ3) is 5.60. The average molecular weight is 260 g/mol. The quantitative estimate of drug-likeness (QED) is 0.682. The predicted octanol–water partition coefficient (Wildman–Crippen LogP) is 2.87. The third-order valence-corrected chi connectivity index (χ3v) is 7.35. The Morgan fingerprint density at radius 3 is 0.818 bits per heavy atom. The second kappa shape index (κ2) is 9.48. The molecule has 0 nitrogen and oxygen atoms in total. The summed E-state index contributed by atoms with van der Waals surface area (Å²) >= 11 is 0. The summed E-state index contributed by atoms with van der Waals surface area (Å²) in [5.74, 6) is 5.71. The van der Waals surface area contributed by atoms with E-state index in [0.29, 0.717) is 0 Å². The third-order valence-electron chi connectivity index (χ3n) is 2.45. The fourth-order valence-corrected chi connectivity index (χ4v) is 3.67. The molecule has 74 valence electrons. The van der Waals surface area contributed by atoms with Gasteiger partial charge in [-0.15, -0.1) is 0 Å². The summed E-state index contributed by atoms with van der Waals surface area (Å²) in [7, 11) is -0.148. The molecular weight excluding hydrogens is 240 g/mol. The molecule has 0 aromatic carbocycles. The molecule has 0 radical (unpaired) electrons. The summed E-state index contributed by atoms with van der Waals surface area (Å²) in [6, 6.07) is 0. The Kier molecular flexibility index (Phi) is 15.7. The minimum absolute atomic E-state index is 0. The Bertz CT molecular complexity index is 55.0. The molecule has 0 unspecified atom stereocenters. The fraction of sp³-hybridized carbons (Fsp3) is 1.00. The summed E-state index contributed by atoms with van der Waals surface area (Å²) in [6.45, 7) is 9.36. The van der Waals surface area contributed by atoms with Gasteiger partial charge in [0, 0.05) is 34.1 Å². The molecule has 0 atom stereocenters. The van der Waals surface area contributed by atoms with Crippen LogP contribution in [0.15, 0.2) is 0 Å². The molecule has 0 aliphatic heterocycles. The number of rotatable bonds is 4. The standard InChI is InChI=1S/C8H20S.2Fe/c1-5-9(6-2,7-3)8-4;;/h5-8H2,1-4H3;;. The molecule has 0 saturated heterocycles. The van der Waals surface area contributed by atoms with Crippen LogP contribution in [-0.2, 0) is 34.1 Å². The van der Waals surface area contributed by atoms with Crippen molar-refractivity contribution in [3.8, 4) is 0 Å². The molecule has 11 heavy (non-hydrogen) atoms. The van der Waals surface area contributed by atoms with Crippen molar-refractivity contribution in [2.45, 2.75) is 27.7 Å². The van der Waals surface area contributed by atoms with E-state index in [1.54, 1.807) is 0 Å². The summed E-state index contributed by atoms with van der Waals surface area (Å²) in [4.78, 5) is 0. The largest absolute Gasteiger partial charge is 0.242 e. The Morgan fingerprint density at radius 1 is 0.636 bits per heavy atom. The molecular formula is C8H20Fe2S. The van der Waals surface area contributed by atoms with Crippen LogP contribution in [0.4, 0.5) is 0 Å². The molecule has 0 aromatic rings. The van der Waals surface area contributed by atoms with Crippen LogP contribution in [-0.4, -0.2) is 23.0 Å². The van der Waals surface area contributed by atoms with Gasteiger partial charge >= 0.3 is 0 Å². The summed E-state index contributed by atoms with van der Waals surface area (Å²) in [5.41, 5.74) is 0. The molecule has 0 aromatic heterocycles. The zero-order chi connectivity index (χ0) is 7.33. The van der Waals surface area contributed by atoms with E-state index in [1.807, 2.05) is 0 Å². The first-order chi connectivity index (χ1) is 4.24. The maximum Gasteiger partial charge on any atom is 0 e. The first kappa shape index (κ1) is 18.2. The van der Waals surface area contributed by atoms with Crippen molar-refractivity contribution in [2.75, 3.05) is 23.0 Å². The smallest absolute Gasteiger partial charge is 0 e. The first-order valence-corrected chi connectivity index (χ1v) is 6.29. The Hall–Kier alpha value is 1.39. The number of hydrogen-bond acceptors (Lipinski definition) is 0. The van der Waals surface area contributed by atoms with Gasteiger partial charge in [0.2, 0.25) is 0 Å². The van der Waals surface area contributed by atoms with E-state index in [4.69, 9.17) is 0 Å². The van der Waals surface area contributed by atoms with Gasteiger partial charge in [-0.05, 0) is 23.0 Å². The van der Waals surface area contributed by atoms with Crippen LogP contribution in [0.1, 0.15) is 27.7 Å². The van der Waals surface area contributed by atoms with E-state index in [1.165, 1.54) is 23.0 Å². The van der Waals surface area contributed by atoms with Crippen LogP contribution >= 0.6 is 10.0 Å². The fourth-order valence-electron chi connectivity index (χ4n) is 1.22. The van der Waals surface area contributed by atoms with Gasteiger partial charge in [-0.3, -0.25) is 0 Å². The van der Waals surface area contributed by atoms with Crippen LogP contribution in [0.3, 0.4) is 0 Å². The van der Waals surface area contributed by atoms with E-state index in [-0.39, 0.29) is 44.2 Å². The predicted molar refractivity (Wildman–Crippen MR) is 49.8 cm³/mol. The van der Waals surface area contributed by atoms with Crippen LogP contribution in [0.5, 0.6) is 0 Å². The second-order valence-corrected chi connectivity index (χ2v) is 7.14. The van der Waals surface area contributed by atoms with Crippen molar-refractivity contribution < 1.29 is 34.1 Å². The normalized spacial score (nSPS) is 11.3. The van der Waals surface area contributed by atoms with Gasteiger partial charge in [0.15, 0.2) is 0 Å². The van der Waals surface area contributed by atoms with Gasteiger partial charge in [0.25, 0.3) is 0 Å². The van der Waals surface area contributed by atoms with Crippen molar-refractivity contribution in [3.05, 3.63) is 0 Å². The molecule has 0 rings (SSSR count). The van der Waals surface area contributed by atoms with Crippen molar-refractivity contribution in [3.63, 3.8) is 0 Å². The van der Waals surface area contributed by atoms with Crippen molar-refractivity contribution in [1.29, 1.82) is 0 Å². The Balaban J connectivity index is -0.000000320. The Labute approximate surface area is 94.5 Å². The van der Waals surface area contributed by atoms with Crippen molar-refractivity contribution in [1.82, 2.24) is 0 Å². The van der Waals surface area contributed by atoms with Gasteiger partial charge in [0.05, 0.1) is 0 Å². The van der Waals surface area contributed by atoms with Crippen LogP contribution in [0, 0.1) is 0 Å². The molecule has 0 fully saturated rings. The minimum Gasteiger partial charge on any atom is -0.242 e. The van der Waals surface area contributed by atoms with Crippen molar-refractivity contribution >= 4 is 10.0 Å². The molecule has 0 aliphatic carbocycles. The van der Waals surface area contributed by atoms with Crippen LogP contribution in [0.25, 0.3) is 0 Å². The zero-order valence-electron chi connectivity index (χ0n) is 7.94. The summed E-state index contributed by atoms with van der Waals surface area (Å²) in [6.07, 6.45) is 0. The maximum absolute atomic E-state index is 2.34. The maximum atomic E-state index is 2.34. The second-order valence-electron chi connectivity index (χ2n) is 2.38. The van der Waals surface area contributed by atoms with Gasteiger partial charge in [-0.1, -0.05) is 27.7 Å². The molecule has 0 aliphatic rings.